The molecule has 3 N–H and O–H groups in total. The van der Waals surface area contributed by atoms with Gasteiger partial charge in [0.15, 0.2) is 0 Å². The van der Waals surface area contributed by atoms with E-state index in [0.29, 0.717) is 13.1 Å². The molecule has 1 aromatic rings. The highest BCUT2D eigenvalue weighted by atomic mass is 19.1. The fourth-order valence-corrected chi connectivity index (χ4v) is 1.52. The van der Waals surface area contributed by atoms with Crippen molar-refractivity contribution in [3.8, 4) is 5.75 Å². The minimum absolute atomic E-state index is 0.0289. The number of phenolic OH excluding ortho intramolecular Hbond substituents is 1. The van der Waals surface area contributed by atoms with Gasteiger partial charge in [0.1, 0.15) is 17.6 Å². The van der Waals surface area contributed by atoms with Gasteiger partial charge in [-0.15, -0.1) is 0 Å². The molecule has 0 aliphatic heterocycles. The van der Waals surface area contributed by atoms with Crippen LogP contribution in [0.4, 0.5) is 4.39 Å². The molecule has 0 spiro atoms. The van der Waals surface area contributed by atoms with Crippen LogP contribution >= 0.6 is 0 Å². The molecule has 6 heteroatoms. The van der Waals surface area contributed by atoms with E-state index in [2.05, 4.69) is 5.32 Å². The lowest BCUT2D eigenvalue weighted by Gasteiger charge is -2.17. The first-order valence-electron chi connectivity index (χ1n) is 5.51. The predicted octanol–water partition coefficient (Wildman–Crippen LogP) is 0.808. The Labute approximate surface area is 105 Å². The van der Waals surface area contributed by atoms with Gasteiger partial charge in [-0.3, -0.25) is 10.1 Å². The van der Waals surface area contributed by atoms with Gasteiger partial charge in [0, 0.05) is 18.7 Å². The molecule has 0 amide bonds. The number of benzene rings is 1. The largest absolute Gasteiger partial charge is 0.508 e. The van der Waals surface area contributed by atoms with E-state index in [1.165, 1.54) is 0 Å². The minimum atomic E-state index is -1.16. The number of carboxylic acids is 1. The zero-order valence-electron chi connectivity index (χ0n) is 10.4. The number of phenols is 1. The quantitative estimate of drug-likeness (QED) is 0.702. The number of hydrogen-bond acceptors (Lipinski definition) is 4. The van der Waals surface area contributed by atoms with Crippen LogP contribution in [0.25, 0.3) is 0 Å². The van der Waals surface area contributed by atoms with E-state index in [1.807, 2.05) is 19.0 Å². The Kier molecular flexibility index (Phi) is 5.06. The van der Waals surface area contributed by atoms with E-state index in [4.69, 9.17) is 5.11 Å². The van der Waals surface area contributed by atoms with Crippen molar-refractivity contribution in [3.63, 3.8) is 0 Å². The molecule has 0 fully saturated rings. The summed E-state index contributed by atoms with van der Waals surface area (Å²) in [6.07, 6.45) is 0. The Morgan fingerprint density at radius 1 is 1.50 bits per heavy atom. The molecule has 100 valence electrons. The van der Waals surface area contributed by atoms with Crippen molar-refractivity contribution in [2.24, 2.45) is 0 Å². The molecule has 0 saturated carbocycles. The van der Waals surface area contributed by atoms with Crippen molar-refractivity contribution >= 4 is 5.97 Å². The molecule has 0 aliphatic carbocycles. The summed E-state index contributed by atoms with van der Waals surface area (Å²) < 4.78 is 13.1. The van der Waals surface area contributed by atoms with E-state index in [9.17, 15) is 14.3 Å². The van der Waals surface area contributed by atoms with Crippen molar-refractivity contribution in [2.45, 2.75) is 6.04 Å². The lowest BCUT2D eigenvalue weighted by atomic mass is 10.1. The summed E-state index contributed by atoms with van der Waals surface area (Å²) in [6, 6.07) is 2.13. The van der Waals surface area contributed by atoms with Crippen molar-refractivity contribution < 1.29 is 19.4 Å². The van der Waals surface area contributed by atoms with Crippen LogP contribution in [-0.4, -0.2) is 48.3 Å². The Bertz CT molecular complexity index is 424. The van der Waals surface area contributed by atoms with Crippen LogP contribution in [0.5, 0.6) is 5.75 Å². The lowest BCUT2D eigenvalue weighted by Crippen LogP contribution is -2.34. The van der Waals surface area contributed by atoms with Crippen molar-refractivity contribution in [1.29, 1.82) is 0 Å². The molecule has 1 unspecified atom stereocenters. The number of carbonyl (C=O) groups is 1. The summed E-state index contributed by atoms with van der Waals surface area (Å²) in [5.41, 5.74) is 0.0289. The second kappa shape index (κ2) is 6.32. The van der Waals surface area contributed by atoms with Gasteiger partial charge < -0.3 is 15.1 Å². The van der Waals surface area contributed by atoms with E-state index in [-0.39, 0.29) is 11.3 Å². The molecule has 1 atom stereocenters. The molecular weight excluding hydrogens is 239 g/mol. The summed E-state index contributed by atoms with van der Waals surface area (Å²) >= 11 is 0. The molecule has 1 rings (SSSR count). The summed E-state index contributed by atoms with van der Waals surface area (Å²) in [7, 11) is 3.72. The number of carboxylic acid groups (broad SMARTS) is 1. The van der Waals surface area contributed by atoms with Crippen LogP contribution in [-0.2, 0) is 4.79 Å². The summed E-state index contributed by atoms with van der Waals surface area (Å²) in [5, 5.41) is 21.4. The Hall–Kier alpha value is -1.66. The van der Waals surface area contributed by atoms with Crippen LogP contribution < -0.4 is 5.32 Å². The highest BCUT2D eigenvalue weighted by molar-refractivity contribution is 5.76. The van der Waals surface area contributed by atoms with E-state index < -0.39 is 17.8 Å². The van der Waals surface area contributed by atoms with Gasteiger partial charge in [-0.1, -0.05) is 0 Å². The number of aromatic hydroxyl groups is 1. The molecule has 0 saturated heterocycles. The topological polar surface area (TPSA) is 72.8 Å². The normalized spacial score (nSPS) is 12.7. The molecule has 0 aliphatic rings. The molecule has 5 nitrogen and oxygen atoms in total. The number of likely N-dealkylation sites (N-methyl/N-ethyl adjacent to an activating group) is 1. The number of hydrogen-bond donors (Lipinski definition) is 3. The maximum absolute atomic E-state index is 13.1. The van der Waals surface area contributed by atoms with Gasteiger partial charge in [0.25, 0.3) is 0 Å². The molecular formula is C12H17FN2O3. The van der Waals surface area contributed by atoms with Gasteiger partial charge in [-0.2, -0.15) is 0 Å². The van der Waals surface area contributed by atoms with Crippen LogP contribution in [0, 0.1) is 5.82 Å². The maximum Gasteiger partial charge on any atom is 0.325 e. The first-order valence-corrected chi connectivity index (χ1v) is 5.51. The fourth-order valence-electron chi connectivity index (χ4n) is 1.52. The molecule has 18 heavy (non-hydrogen) atoms. The Balaban J connectivity index is 2.84. The highest BCUT2D eigenvalue weighted by Gasteiger charge is 2.22. The van der Waals surface area contributed by atoms with Gasteiger partial charge in [0.2, 0.25) is 0 Å². The molecule has 0 bridgehead atoms. The Morgan fingerprint density at radius 2 is 2.17 bits per heavy atom. The average Bonchev–Trinajstić information content (AvgIpc) is 2.27. The van der Waals surface area contributed by atoms with E-state index >= 15 is 0 Å². The van der Waals surface area contributed by atoms with Crippen molar-refractivity contribution in [3.05, 3.63) is 29.6 Å². The van der Waals surface area contributed by atoms with Gasteiger partial charge >= 0.3 is 5.97 Å². The first kappa shape index (κ1) is 14.4. The van der Waals surface area contributed by atoms with Crippen molar-refractivity contribution in [2.75, 3.05) is 27.2 Å². The molecule has 1 aromatic carbocycles. The van der Waals surface area contributed by atoms with Crippen LogP contribution in [0.1, 0.15) is 11.6 Å². The van der Waals surface area contributed by atoms with E-state index in [0.717, 1.165) is 18.2 Å². The third kappa shape index (κ3) is 3.97. The number of nitrogens with one attached hydrogen (secondary N) is 1. The average molecular weight is 256 g/mol. The standard InChI is InChI=1S/C12H17FN2O3/c1-15(2)6-5-14-11(12(17)18)9-7-8(13)3-4-10(9)16/h3-4,7,11,14,16H,5-6H2,1-2H3,(H,17,18). The summed E-state index contributed by atoms with van der Waals surface area (Å²) in [5.74, 6) is -1.97. The maximum atomic E-state index is 13.1. The van der Waals surface area contributed by atoms with Gasteiger partial charge in [-0.25, -0.2) is 4.39 Å². The number of nitrogens with zero attached hydrogens (tertiary/aromatic N) is 1. The lowest BCUT2D eigenvalue weighted by molar-refractivity contribution is -0.139. The predicted molar refractivity (Wildman–Crippen MR) is 65.0 cm³/mol. The smallest absolute Gasteiger partial charge is 0.325 e. The summed E-state index contributed by atoms with van der Waals surface area (Å²) in [4.78, 5) is 13.0. The SMILES string of the molecule is CN(C)CCNC(C(=O)O)c1cc(F)ccc1O. The van der Waals surface area contributed by atoms with Gasteiger partial charge in [-0.05, 0) is 32.3 Å². The second-order valence-electron chi connectivity index (χ2n) is 4.23. The number of aliphatic carboxylic acids is 1. The zero-order chi connectivity index (χ0) is 13.7. The third-order valence-corrected chi connectivity index (χ3v) is 2.46. The molecule has 0 aromatic heterocycles. The minimum Gasteiger partial charge on any atom is -0.508 e. The highest BCUT2D eigenvalue weighted by Crippen LogP contribution is 2.25. The first-order chi connectivity index (χ1) is 8.41. The second-order valence-corrected chi connectivity index (χ2v) is 4.23. The summed E-state index contributed by atoms with van der Waals surface area (Å²) in [6.45, 7) is 1.06. The molecule has 0 radical (unpaired) electrons. The van der Waals surface area contributed by atoms with Crippen LogP contribution in [0.15, 0.2) is 18.2 Å². The fraction of sp³-hybridized carbons (Fsp3) is 0.417. The monoisotopic (exact) mass is 256 g/mol. The van der Waals surface area contributed by atoms with Crippen molar-refractivity contribution in [1.82, 2.24) is 10.2 Å². The van der Waals surface area contributed by atoms with Crippen LogP contribution in [0.2, 0.25) is 0 Å². The van der Waals surface area contributed by atoms with Gasteiger partial charge in [0.05, 0.1) is 0 Å². The number of halogens is 1. The Morgan fingerprint density at radius 3 is 2.72 bits per heavy atom. The van der Waals surface area contributed by atoms with Crippen LogP contribution in [0.3, 0.4) is 0 Å². The zero-order valence-corrected chi connectivity index (χ0v) is 10.4. The van der Waals surface area contributed by atoms with E-state index in [1.54, 1.807) is 0 Å². The third-order valence-electron chi connectivity index (χ3n) is 2.46. The molecule has 0 heterocycles. The number of rotatable bonds is 6.